The monoisotopic (exact) mass is 232 g/mol. The Morgan fingerprint density at radius 2 is 2.00 bits per heavy atom. The number of alkyl halides is 4. The van der Waals surface area contributed by atoms with E-state index >= 15 is 0 Å². The molecule has 0 N–H and O–H groups in total. The molecule has 0 atom stereocenters. The van der Waals surface area contributed by atoms with Crippen molar-refractivity contribution in [3.8, 4) is 0 Å². The summed E-state index contributed by atoms with van der Waals surface area (Å²) in [6.45, 7) is 1.34. The minimum absolute atomic E-state index is 0.0734. The molecule has 6 heteroatoms. The third-order valence-electron chi connectivity index (χ3n) is 1.45. The van der Waals surface area contributed by atoms with Gasteiger partial charge in [-0.1, -0.05) is 11.8 Å². The van der Waals surface area contributed by atoms with Crippen LogP contribution in [-0.2, 0) is 4.79 Å². The van der Waals surface area contributed by atoms with Crippen LogP contribution in [0.25, 0.3) is 0 Å². The lowest BCUT2D eigenvalue weighted by Gasteiger charge is -2.14. The van der Waals surface area contributed by atoms with Crippen molar-refractivity contribution in [2.75, 3.05) is 5.75 Å². The predicted octanol–water partition coefficient (Wildman–Crippen LogP) is 3.34. The van der Waals surface area contributed by atoms with Gasteiger partial charge in [-0.25, -0.2) is 17.6 Å². The molecule has 14 heavy (non-hydrogen) atoms. The van der Waals surface area contributed by atoms with Crippen LogP contribution in [0.2, 0.25) is 0 Å². The maximum atomic E-state index is 12.6. The molecule has 0 spiro atoms. The first kappa shape index (κ1) is 13.7. The largest absolute Gasteiger partial charge is 0.288 e. The molecule has 0 bridgehead atoms. The van der Waals surface area contributed by atoms with Gasteiger partial charge in [0.2, 0.25) is 6.43 Å². The topological polar surface area (TPSA) is 17.1 Å². The molecule has 84 valence electrons. The Balaban J connectivity index is 3.60. The molecule has 0 fully saturated rings. The fraction of sp³-hybridized carbons (Fsp3) is 0.875. The van der Waals surface area contributed by atoms with Gasteiger partial charge in [0.1, 0.15) is 0 Å². The third kappa shape index (κ3) is 8.34. The molecule has 0 saturated carbocycles. The number of hydrogen-bond acceptors (Lipinski definition) is 2. The van der Waals surface area contributed by atoms with Gasteiger partial charge in [-0.3, -0.25) is 4.79 Å². The molecule has 0 saturated heterocycles. The van der Waals surface area contributed by atoms with Crippen molar-refractivity contribution in [1.82, 2.24) is 0 Å². The van der Waals surface area contributed by atoms with Crippen LogP contribution < -0.4 is 0 Å². The minimum atomic E-state index is -3.31. The molecule has 0 aromatic heterocycles. The van der Waals surface area contributed by atoms with Gasteiger partial charge in [-0.15, -0.1) is 0 Å². The average Bonchev–Trinajstić information content (AvgIpc) is 1.95. The summed E-state index contributed by atoms with van der Waals surface area (Å²) in [5, 5.41) is -0.151. The fourth-order valence-electron chi connectivity index (χ4n) is 0.875. The quantitative estimate of drug-likeness (QED) is 0.516. The Labute approximate surface area is 84.2 Å². The first-order valence-electron chi connectivity index (χ1n) is 4.13. The molecule has 0 aliphatic rings. The second-order valence-electron chi connectivity index (χ2n) is 2.89. The van der Waals surface area contributed by atoms with Crippen LogP contribution >= 0.6 is 11.8 Å². The van der Waals surface area contributed by atoms with E-state index in [0.717, 1.165) is 11.8 Å². The highest BCUT2D eigenvalue weighted by atomic mass is 32.2. The summed E-state index contributed by atoms with van der Waals surface area (Å²) in [6.07, 6.45) is -4.88. The number of rotatable bonds is 6. The maximum Gasteiger partial charge on any atom is 0.253 e. The first-order chi connectivity index (χ1) is 6.33. The van der Waals surface area contributed by atoms with Crippen molar-refractivity contribution in [2.45, 2.75) is 38.5 Å². The zero-order valence-corrected chi connectivity index (χ0v) is 8.55. The van der Waals surface area contributed by atoms with E-state index in [0.29, 0.717) is 0 Å². The summed E-state index contributed by atoms with van der Waals surface area (Å²) in [7, 11) is 0. The number of carbonyl (C=O) groups excluding carboxylic acids is 1. The van der Waals surface area contributed by atoms with Crippen molar-refractivity contribution < 1.29 is 22.4 Å². The summed E-state index contributed by atoms with van der Waals surface area (Å²) < 4.78 is 48.5. The molecule has 0 aromatic carbocycles. The van der Waals surface area contributed by atoms with Gasteiger partial charge in [0.25, 0.3) is 5.92 Å². The number of halogens is 4. The summed E-state index contributed by atoms with van der Waals surface area (Å²) in [5.41, 5.74) is 0. The lowest BCUT2D eigenvalue weighted by atomic mass is 10.1. The molecule has 0 unspecified atom stereocenters. The third-order valence-corrected chi connectivity index (χ3v) is 2.34. The number of carbonyl (C=O) groups is 1. The second kappa shape index (κ2) is 6.27. The van der Waals surface area contributed by atoms with E-state index in [2.05, 4.69) is 0 Å². The Morgan fingerprint density at radius 1 is 1.43 bits per heavy atom. The lowest BCUT2D eigenvalue weighted by Crippen LogP contribution is -2.20. The molecule has 0 heterocycles. The number of thioether (sulfide) groups is 1. The summed E-state index contributed by atoms with van der Waals surface area (Å²) in [4.78, 5) is 10.4. The average molecular weight is 232 g/mol. The zero-order valence-electron chi connectivity index (χ0n) is 7.73. The van der Waals surface area contributed by atoms with Gasteiger partial charge in [-0.2, -0.15) is 0 Å². The first-order valence-corrected chi connectivity index (χ1v) is 5.11. The summed E-state index contributed by atoms with van der Waals surface area (Å²) >= 11 is 0.931. The van der Waals surface area contributed by atoms with E-state index in [-0.39, 0.29) is 17.3 Å². The molecular formula is C8H12F4OS. The van der Waals surface area contributed by atoms with Crippen molar-refractivity contribution in [1.29, 1.82) is 0 Å². The lowest BCUT2D eigenvalue weighted by molar-refractivity contribution is -0.109. The van der Waals surface area contributed by atoms with Gasteiger partial charge in [0.05, 0.1) is 6.42 Å². The minimum Gasteiger partial charge on any atom is -0.288 e. The van der Waals surface area contributed by atoms with E-state index in [9.17, 15) is 22.4 Å². The van der Waals surface area contributed by atoms with Gasteiger partial charge in [0, 0.05) is 19.1 Å². The smallest absolute Gasteiger partial charge is 0.253 e. The normalized spacial score (nSPS) is 12.1. The van der Waals surface area contributed by atoms with Crippen LogP contribution in [0.3, 0.4) is 0 Å². The van der Waals surface area contributed by atoms with Crippen LogP contribution in [0.4, 0.5) is 17.6 Å². The van der Waals surface area contributed by atoms with Gasteiger partial charge in [-0.05, 0) is 6.42 Å². The zero-order chi connectivity index (χ0) is 11.2. The second-order valence-corrected chi connectivity index (χ2v) is 4.17. The van der Waals surface area contributed by atoms with Gasteiger partial charge in [0.15, 0.2) is 5.12 Å². The van der Waals surface area contributed by atoms with Crippen molar-refractivity contribution in [3.05, 3.63) is 0 Å². The Bertz CT molecular complexity index is 184. The van der Waals surface area contributed by atoms with Crippen LogP contribution in [0, 0.1) is 0 Å². The SMILES string of the molecule is CC(=O)SCCCC(F)(F)CC(F)F. The Kier molecular flexibility index (Phi) is 6.15. The van der Waals surface area contributed by atoms with Crippen molar-refractivity contribution >= 4 is 16.9 Å². The van der Waals surface area contributed by atoms with Crippen molar-refractivity contribution in [3.63, 3.8) is 0 Å². The highest BCUT2D eigenvalue weighted by Crippen LogP contribution is 2.28. The van der Waals surface area contributed by atoms with Crippen LogP contribution in [0.15, 0.2) is 0 Å². The van der Waals surface area contributed by atoms with Crippen LogP contribution in [0.5, 0.6) is 0 Å². The van der Waals surface area contributed by atoms with E-state index in [1.54, 1.807) is 0 Å². The van der Waals surface area contributed by atoms with Crippen molar-refractivity contribution in [2.24, 2.45) is 0 Å². The van der Waals surface area contributed by atoms with Gasteiger partial charge < -0.3 is 0 Å². The predicted molar refractivity (Wildman–Crippen MR) is 47.9 cm³/mol. The van der Waals surface area contributed by atoms with E-state index < -0.39 is 25.2 Å². The number of hydrogen-bond donors (Lipinski definition) is 0. The highest BCUT2D eigenvalue weighted by Gasteiger charge is 2.32. The molecule has 1 nitrogen and oxygen atoms in total. The molecule has 0 rings (SSSR count). The summed E-state index contributed by atoms with van der Waals surface area (Å²) in [6, 6.07) is 0. The Hall–Kier alpha value is -0.260. The van der Waals surface area contributed by atoms with E-state index in [1.807, 2.05) is 0 Å². The standard InChI is InChI=1S/C8H12F4OS/c1-6(13)14-4-2-3-8(11,12)5-7(9)10/h7H,2-5H2,1H3. The molecule has 0 amide bonds. The molecule has 0 aliphatic carbocycles. The summed E-state index contributed by atoms with van der Waals surface area (Å²) in [5.74, 6) is -3.06. The molecule has 0 aliphatic heterocycles. The fourth-order valence-corrected chi connectivity index (χ4v) is 1.45. The van der Waals surface area contributed by atoms with E-state index in [4.69, 9.17) is 0 Å². The van der Waals surface area contributed by atoms with Crippen LogP contribution in [-0.4, -0.2) is 23.2 Å². The Morgan fingerprint density at radius 3 is 2.43 bits per heavy atom. The van der Waals surface area contributed by atoms with Crippen LogP contribution in [0.1, 0.15) is 26.2 Å². The van der Waals surface area contributed by atoms with Gasteiger partial charge >= 0.3 is 0 Å². The van der Waals surface area contributed by atoms with E-state index in [1.165, 1.54) is 6.92 Å². The highest BCUT2D eigenvalue weighted by molar-refractivity contribution is 8.13. The molecule has 0 radical (unpaired) electrons. The molecule has 0 aromatic rings. The maximum absolute atomic E-state index is 12.6. The molecular weight excluding hydrogens is 220 g/mol.